The van der Waals surface area contributed by atoms with Gasteiger partial charge in [0.05, 0.1) is 5.69 Å². The average molecular weight is 388 g/mol. The van der Waals surface area contributed by atoms with Crippen molar-refractivity contribution < 1.29 is 18.3 Å². The summed E-state index contributed by atoms with van der Waals surface area (Å²) in [7, 11) is -3.63. The summed E-state index contributed by atoms with van der Waals surface area (Å²) in [5.74, 6) is 0.705. The van der Waals surface area contributed by atoms with Gasteiger partial charge in [-0.25, -0.2) is 8.42 Å². The average Bonchev–Trinajstić information content (AvgIpc) is 2.95. The number of nitrogens with zero attached hydrogens (tertiary/aromatic N) is 2. The van der Waals surface area contributed by atoms with Crippen LogP contribution in [0.15, 0.2) is 47.4 Å². The SMILES string of the molecule is CC1(C)Cc2cccc(S(=O)(=O)N3CCN(c4ccccc4O)CC3)c2O1. The predicted molar refractivity (Wildman–Crippen MR) is 104 cm³/mol. The zero-order valence-electron chi connectivity index (χ0n) is 15.6. The summed E-state index contributed by atoms with van der Waals surface area (Å²) in [5.41, 5.74) is 1.28. The van der Waals surface area contributed by atoms with Gasteiger partial charge < -0.3 is 14.7 Å². The molecule has 6 nitrogen and oxygen atoms in total. The predicted octanol–water partition coefficient (Wildman–Crippen LogP) is 2.62. The van der Waals surface area contributed by atoms with Crippen LogP contribution in [0.1, 0.15) is 19.4 Å². The van der Waals surface area contributed by atoms with Crippen LogP contribution >= 0.6 is 0 Å². The zero-order valence-corrected chi connectivity index (χ0v) is 16.4. The Morgan fingerprint density at radius 1 is 1.00 bits per heavy atom. The third kappa shape index (κ3) is 3.26. The van der Waals surface area contributed by atoms with Gasteiger partial charge in [0.2, 0.25) is 10.0 Å². The molecule has 27 heavy (non-hydrogen) atoms. The van der Waals surface area contributed by atoms with Gasteiger partial charge in [-0.2, -0.15) is 4.31 Å². The zero-order chi connectivity index (χ0) is 19.2. The van der Waals surface area contributed by atoms with Gasteiger partial charge in [-0.15, -0.1) is 0 Å². The van der Waals surface area contributed by atoms with Crippen LogP contribution in [0.25, 0.3) is 0 Å². The second-order valence-electron chi connectivity index (χ2n) is 7.66. The van der Waals surface area contributed by atoms with E-state index in [0.29, 0.717) is 38.3 Å². The quantitative estimate of drug-likeness (QED) is 0.875. The molecule has 0 aromatic heterocycles. The molecule has 0 radical (unpaired) electrons. The van der Waals surface area contributed by atoms with Crippen molar-refractivity contribution in [1.29, 1.82) is 0 Å². The van der Waals surface area contributed by atoms with Gasteiger partial charge >= 0.3 is 0 Å². The number of rotatable bonds is 3. The fourth-order valence-corrected chi connectivity index (χ4v) is 5.41. The minimum absolute atomic E-state index is 0.213. The maximum Gasteiger partial charge on any atom is 0.246 e. The highest BCUT2D eigenvalue weighted by molar-refractivity contribution is 7.89. The number of benzene rings is 2. The first-order valence-electron chi connectivity index (χ1n) is 9.12. The lowest BCUT2D eigenvalue weighted by molar-refractivity contribution is 0.134. The molecule has 0 bridgehead atoms. The molecule has 2 heterocycles. The molecule has 2 aliphatic heterocycles. The van der Waals surface area contributed by atoms with Gasteiger partial charge in [0.15, 0.2) is 0 Å². The molecule has 0 saturated carbocycles. The van der Waals surface area contributed by atoms with Crippen LogP contribution in [0, 0.1) is 0 Å². The van der Waals surface area contributed by atoms with Gasteiger partial charge in [-0.3, -0.25) is 0 Å². The lowest BCUT2D eigenvalue weighted by atomic mass is 10.0. The van der Waals surface area contributed by atoms with Crippen molar-refractivity contribution in [3.63, 3.8) is 0 Å². The van der Waals surface area contributed by atoms with Crippen molar-refractivity contribution in [2.45, 2.75) is 30.8 Å². The molecule has 1 fully saturated rings. The highest BCUT2D eigenvalue weighted by Crippen LogP contribution is 2.40. The highest BCUT2D eigenvalue weighted by Gasteiger charge is 2.37. The third-order valence-corrected chi connectivity index (χ3v) is 7.06. The van der Waals surface area contributed by atoms with E-state index in [0.717, 1.165) is 11.3 Å². The minimum Gasteiger partial charge on any atom is -0.506 e. The Labute approximate surface area is 160 Å². The number of phenolic OH excluding ortho intramolecular Hbond substituents is 1. The molecule has 144 valence electrons. The van der Waals surface area contributed by atoms with Crippen molar-refractivity contribution >= 4 is 15.7 Å². The number of piperazine rings is 1. The summed E-state index contributed by atoms with van der Waals surface area (Å²) in [6, 6.07) is 12.5. The van der Waals surface area contributed by atoms with E-state index in [9.17, 15) is 13.5 Å². The van der Waals surface area contributed by atoms with Gasteiger partial charge in [0.25, 0.3) is 0 Å². The number of phenols is 1. The maximum absolute atomic E-state index is 13.2. The smallest absolute Gasteiger partial charge is 0.246 e. The minimum atomic E-state index is -3.63. The van der Waals surface area contributed by atoms with E-state index in [1.54, 1.807) is 24.3 Å². The van der Waals surface area contributed by atoms with Gasteiger partial charge in [-0.1, -0.05) is 24.3 Å². The summed E-state index contributed by atoms with van der Waals surface area (Å²) in [6.45, 7) is 5.72. The van der Waals surface area contributed by atoms with Crippen LogP contribution in [0.2, 0.25) is 0 Å². The Balaban J connectivity index is 1.56. The van der Waals surface area contributed by atoms with E-state index in [1.165, 1.54) is 4.31 Å². The normalized spacial score (nSPS) is 19.6. The summed E-state index contributed by atoms with van der Waals surface area (Å²) < 4.78 is 34.0. The second-order valence-corrected chi connectivity index (χ2v) is 9.57. The van der Waals surface area contributed by atoms with Crippen LogP contribution in [0.4, 0.5) is 5.69 Å². The number of hydrogen-bond donors (Lipinski definition) is 1. The van der Waals surface area contributed by atoms with E-state index in [4.69, 9.17) is 4.74 Å². The molecule has 0 atom stereocenters. The number of sulfonamides is 1. The van der Waals surface area contributed by atoms with Crippen LogP contribution in [0.5, 0.6) is 11.5 Å². The molecule has 4 rings (SSSR count). The molecule has 2 aromatic carbocycles. The monoisotopic (exact) mass is 388 g/mol. The van der Waals surface area contributed by atoms with Crippen molar-refractivity contribution in [3.8, 4) is 11.5 Å². The summed E-state index contributed by atoms with van der Waals surface area (Å²) in [5, 5.41) is 10.0. The number of para-hydroxylation sites is 3. The molecule has 0 amide bonds. The van der Waals surface area contributed by atoms with Crippen molar-refractivity contribution in [2.75, 3.05) is 31.1 Å². The molecule has 2 aromatic rings. The Kier molecular flexibility index (Phi) is 4.31. The molecular formula is C20H24N2O4S. The first-order chi connectivity index (χ1) is 12.8. The van der Waals surface area contributed by atoms with Gasteiger partial charge in [0.1, 0.15) is 22.0 Å². The third-order valence-electron chi connectivity index (χ3n) is 5.13. The van der Waals surface area contributed by atoms with Crippen molar-refractivity contribution in [2.24, 2.45) is 0 Å². The summed E-state index contributed by atoms with van der Waals surface area (Å²) >= 11 is 0. The van der Waals surface area contributed by atoms with Gasteiger partial charge in [0, 0.05) is 32.6 Å². The number of anilines is 1. The summed E-state index contributed by atoms with van der Waals surface area (Å²) in [4.78, 5) is 2.26. The molecule has 1 saturated heterocycles. The molecule has 0 spiro atoms. The Morgan fingerprint density at radius 3 is 2.41 bits per heavy atom. The standard InChI is InChI=1S/C20H24N2O4S/c1-20(2)14-15-6-5-9-18(19(15)26-20)27(24,25)22-12-10-21(11-13-22)16-7-3-4-8-17(16)23/h3-9,23H,10-14H2,1-2H3. The van der Waals surface area contributed by atoms with E-state index in [1.807, 2.05) is 36.9 Å². The molecule has 2 aliphatic rings. The highest BCUT2D eigenvalue weighted by atomic mass is 32.2. The molecular weight excluding hydrogens is 364 g/mol. The largest absolute Gasteiger partial charge is 0.506 e. The van der Waals surface area contributed by atoms with E-state index in [-0.39, 0.29) is 10.6 Å². The maximum atomic E-state index is 13.2. The molecule has 7 heteroatoms. The fourth-order valence-electron chi connectivity index (χ4n) is 3.83. The van der Waals surface area contributed by atoms with Gasteiger partial charge in [-0.05, 0) is 37.6 Å². The Morgan fingerprint density at radius 2 is 1.70 bits per heavy atom. The first-order valence-corrected chi connectivity index (χ1v) is 10.6. The number of ether oxygens (including phenoxy) is 1. The number of aromatic hydroxyl groups is 1. The van der Waals surface area contributed by atoms with Crippen molar-refractivity contribution in [3.05, 3.63) is 48.0 Å². The van der Waals surface area contributed by atoms with Crippen LogP contribution in [-0.2, 0) is 16.4 Å². The van der Waals surface area contributed by atoms with E-state index in [2.05, 4.69) is 0 Å². The van der Waals surface area contributed by atoms with Crippen LogP contribution in [-0.4, -0.2) is 49.6 Å². The first kappa shape index (κ1) is 18.1. The molecule has 0 unspecified atom stereocenters. The summed E-state index contributed by atoms with van der Waals surface area (Å²) in [6.07, 6.45) is 0.701. The number of fused-ring (bicyclic) bond motifs is 1. The lowest BCUT2D eigenvalue weighted by Gasteiger charge is -2.35. The lowest BCUT2D eigenvalue weighted by Crippen LogP contribution is -2.48. The fraction of sp³-hybridized carbons (Fsp3) is 0.400. The van der Waals surface area contributed by atoms with E-state index < -0.39 is 15.6 Å². The van der Waals surface area contributed by atoms with Crippen molar-refractivity contribution in [1.82, 2.24) is 4.31 Å². The number of hydrogen-bond acceptors (Lipinski definition) is 5. The van der Waals surface area contributed by atoms with Crippen LogP contribution < -0.4 is 9.64 Å². The Bertz CT molecular complexity index is 964. The second kappa shape index (κ2) is 6.42. The molecule has 1 N–H and O–H groups in total. The topological polar surface area (TPSA) is 70.1 Å². The molecule has 0 aliphatic carbocycles. The Hall–Kier alpha value is -2.25. The van der Waals surface area contributed by atoms with Crippen LogP contribution in [0.3, 0.4) is 0 Å². The van der Waals surface area contributed by atoms with E-state index >= 15 is 0 Å².